The number of nitrogen functional groups attached to an aromatic ring is 1. The van der Waals surface area contributed by atoms with Gasteiger partial charge in [0, 0.05) is 23.3 Å². The maximum absolute atomic E-state index is 12.9. The van der Waals surface area contributed by atoms with Gasteiger partial charge in [-0.15, -0.1) is 0 Å². The molecule has 0 fully saturated rings. The summed E-state index contributed by atoms with van der Waals surface area (Å²) in [4.78, 5) is 21.7. The minimum Gasteiger partial charge on any atom is -0.383 e. The Balaban J connectivity index is 1.83. The van der Waals surface area contributed by atoms with Crippen LogP contribution in [0.25, 0.3) is 16.9 Å². The van der Waals surface area contributed by atoms with E-state index < -0.39 is 18.0 Å². The van der Waals surface area contributed by atoms with E-state index in [-0.39, 0.29) is 35.6 Å². The van der Waals surface area contributed by atoms with Crippen LogP contribution in [0.15, 0.2) is 29.8 Å². The Morgan fingerprint density at radius 1 is 1.35 bits per heavy atom. The number of nitrogens with zero attached hydrogens (tertiary/aromatic N) is 4. The number of aryl methyl sites for hydroxylation is 1. The minimum absolute atomic E-state index is 0.0300. The Kier molecular flexibility index (Phi) is 6.28. The molecule has 1 aromatic carbocycles. The number of nitrogens with one attached hydrogen (secondary N) is 1. The smallest absolute Gasteiger partial charge is 0.383 e. The van der Waals surface area contributed by atoms with Crippen molar-refractivity contribution in [2.24, 2.45) is 0 Å². The van der Waals surface area contributed by atoms with Gasteiger partial charge in [0.2, 0.25) is 5.91 Å². The number of anilines is 2. The van der Waals surface area contributed by atoms with E-state index in [2.05, 4.69) is 33.0 Å². The van der Waals surface area contributed by atoms with Gasteiger partial charge in [0.15, 0.2) is 0 Å². The molecule has 1 aliphatic heterocycles. The topological polar surface area (TPSA) is 98.7 Å². The number of amides is 1. The summed E-state index contributed by atoms with van der Waals surface area (Å²) in [6, 6.07) is 4.78. The standard InChI is InChI=1S/C22H22ClF3N6OS/c1-11(6-8-34)10-21(2)16-17(27)28-20(30-18(16)29-19(21)33)32-15-4-3-12(23)9-13(15)14(31-32)5-7-22(24,25)26/h3-4,9-10,34H,5-8H2,1-2H3,(H3,27,28,29,30,33)/b11-10+. The number of carbonyl (C=O) groups is 1. The summed E-state index contributed by atoms with van der Waals surface area (Å²) in [7, 11) is 0. The van der Waals surface area contributed by atoms with Crippen molar-refractivity contribution in [3.05, 3.63) is 46.1 Å². The maximum atomic E-state index is 12.9. The molecule has 0 saturated carbocycles. The molecule has 2 aromatic heterocycles. The van der Waals surface area contributed by atoms with Crippen LogP contribution >= 0.6 is 24.2 Å². The first-order valence-electron chi connectivity index (χ1n) is 10.5. The van der Waals surface area contributed by atoms with Crippen molar-refractivity contribution in [3.8, 4) is 5.95 Å². The number of fused-ring (bicyclic) bond motifs is 2. The molecule has 1 atom stereocenters. The quantitative estimate of drug-likeness (QED) is 0.319. The van der Waals surface area contributed by atoms with Crippen LogP contribution in [-0.4, -0.2) is 37.6 Å². The molecule has 1 unspecified atom stereocenters. The van der Waals surface area contributed by atoms with Crippen LogP contribution in [-0.2, 0) is 16.6 Å². The predicted octanol–water partition coefficient (Wildman–Crippen LogP) is 5.02. The molecule has 1 amide bonds. The summed E-state index contributed by atoms with van der Waals surface area (Å²) in [6.07, 6.45) is -3.19. The fraction of sp³-hybridized carbons (Fsp3) is 0.364. The van der Waals surface area contributed by atoms with Gasteiger partial charge >= 0.3 is 6.18 Å². The fourth-order valence-corrected chi connectivity index (χ4v) is 4.67. The van der Waals surface area contributed by atoms with Gasteiger partial charge in [-0.25, -0.2) is 0 Å². The lowest BCUT2D eigenvalue weighted by atomic mass is 9.82. The molecule has 0 radical (unpaired) electrons. The summed E-state index contributed by atoms with van der Waals surface area (Å²) in [5.41, 5.74) is 7.31. The average molecular weight is 511 g/mol. The number of benzene rings is 1. The Bertz CT molecular complexity index is 1320. The molecule has 3 heterocycles. The van der Waals surface area contributed by atoms with Crippen LogP contribution in [0.3, 0.4) is 0 Å². The van der Waals surface area contributed by atoms with Crippen molar-refractivity contribution < 1.29 is 18.0 Å². The van der Waals surface area contributed by atoms with Crippen LogP contribution in [0.4, 0.5) is 24.8 Å². The molecule has 0 saturated heterocycles. The van der Waals surface area contributed by atoms with Gasteiger partial charge in [-0.05, 0) is 44.2 Å². The number of nitrogens with two attached hydrogens (primary N) is 1. The molecule has 0 spiro atoms. The van der Waals surface area contributed by atoms with Crippen molar-refractivity contribution in [1.29, 1.82) is 0 Å². The van der Waals surface area contributed by atoms with Gasteiger partial charge < -0.3 is 11.1 Å². The predicted molar refractivity (Wildman–Crippen MR) is 129 cm³/mol. The summed E-state index contributed by atoms with van der Waals surface area (Å²) < 4.78 is 39.9. The van der Waals surface area contributed by atoms with E-state index >= 15 is 0 Å². The number of hydrogen-bond acceptors (Lipinski definition) is 6. The number of hydrogen-bond donors (Lipinski definition) is 3. The largest absolute Gasteiger partial charge is 0.389 e. The number of aromatic nitrogens is 4. The maximum Gasteiger partial charge on any atom is 0.389 e. The molecular weight excluding hydrogens is 489 g/mol. The molecule has 4 rings (SSSR count). The first-order chi connectivity index (χ1) is 15.9. The zero-order valence-corrected chi connectivity index (χ0v) is 20.0. The molecule has 12 heteroatoms. The SMILES string of the molecule is C/C(=C\C1(C)C(=O)Nc2nc(-n3nc(CCC(F)(F)F)c4cc(Cl)ccc43)nc(N)c21)CCS. The van der Waals surface area contributed by atoms with E-state index in [4.69, 9.17) is 17.3 Å². The van der Waals surface area contributed by atoms with Crippen molar-refractivity contribution in [3.63, 3.8) is 0 Å². The number of carbonyl (C=O) groups excluding carboxylic acids is 1. The summed E-state index contributed by atoms with van der Waals surface area (Å²) in [5.74, 6) is 0.666. The van der Waals surface area contributed by atoms with E-state index in [9.17, 15) is 18.0 Å². The van der Waals surface area contributed by atoms with E-state index in [0.29, 0.717) is 33.7 Å². The molecule has 34 heavy (non-hydrogen) atoms. The second-order valence-electron chi connectivity index (χ2n) is 8.39. The molecular formula is C22H22ClF3N6OS. The van der Waals surface area contributed by atoms with Crippen molar-refractivity contribution >= 4 is 52.7 Å². The number of thiol groups is 1. The number of allylic oxidation sites excluding steroid dienone is 1. The van der Waals surface area contributed by atoms with Gasteiger partial charge in [-0.3, -0.25) is 4.79 Å². The highest BCUT2D eigenvalue weighted by Crippen LogP contribution is 2.42. The monoisotopic (exact) mass is 510 g/mol. The number of halogens is 4. The van der Waals surface area contributed by atoms with Crippen molar-refractivity contribution in [2.75, 3.05) is 16.8 Å². The molecule has 0 aliphatic carbocycles. The Hall–Kier alpha value is -2.79. The molecule has 3 aromatic rings. The lowest BCUT2D eigenvalue weighted by molar-refractivity contribution is -0.134. The highest BCUT2D eigenvalue weighted by atomic mass is 35.5. The fourth-order valence-electron chi connectivity index (χ4n) is 4.14. The highest BCUT2D eigenvalue weighted by molar-refractivity contribution is 7.80. The second-order valence-corrected chi connectivity index (χ2v) is 9.27. The zero-order valence-electron chi connectivity index (χ0n) is 18.4. The highest BCUT2D eigenvalue weighted by Gasteiger charge is 2.44. The first kappa shape index (κ1) is 24.3. The van der Waals surface area contributed by atoms with E-state index in [1.807, 2.05) is 13.0 Å². The summed E-state index contributed by atoms with van der Waals surface area (Å²) in [5, 5.41) is 7.91. The second kappa shape index (κ2) is 8.77. The lowest BCUT2D eigenvalue weighted by Gasteiger charge is -2.20. The van der Waals surface area contributed by atoms with Crippen LogP contribution < -0.4 is 11.1 Å². The lowest BCUT2D eigenvalue weighted by Crippen LogP contribution is -2.30. The Labute approximate surface area is 204 Å². The molecule has 0 bridgehead atoms. The number of rotatable bonds is 6. The van der Waals surface area contributed by atoms with Gasteiger partial charge in [0.1, 0.15) is 11.6 Å². The van der Waals surface area contributed by atoms with Crippen molar-refractivity contribution in [1.82, 2.24) is 19.7 Å². The summed E-state index contributed by atoms with van der Waals surface area (Å²) in [6.45, 7) is 3.64. The first-order valence-corrected chi connectivity index (χ1v) is 11.5. The van der Waals surface area contributed by atoms with Crippen LogP contribution in [0.5, 0.6) is 0 Å². The van der Waals surface area contributed by atoms with Crippen LogP contribution in [0.2, 0.25) is 5.02 Å². The average Bonchev–Trinajstić information content (AvgIpc) is 3.20. The van der Waals surface area contributed by atoms with Gasteiger partial charge in [0.25, 0.3) is 5.95 Å². The van der Waals surface area contributed by atoms with Gasteiger partial charge in [0.05, 0.1) is 22.2 Å². The molecule has 3 N–H and O–H groups in total. The Morgan fingerprint density at radius 3 is 2.76 bits per heavy atom. The third-order valence-corrected chi connectivity index (χ3v) is 6.20. The van der Waals surface area contributed by atoms with Crippen molar-refractivity contribution in [2.45, 2.75) is 44.7 Å². The van der Waals surface area contributed by atoms with E-state index in [0.717, 1.165) is 5.57 Å². The summed E-state index contributed by atoms with van der Waals surface area (Å²) >= 11 is 10.3. The van der Waals surface area contributed by atoms with Crippen LogP contribution in [0.1, 0.15) is 37.9 Å². The number of alkyl halides is 3. The molecule has 180 valence electrons. The Morgan fingerprint density at radius 2 is 2.09 bits per heavy atom. The minimum atomic E-state index is -4.34. The third kappa shape index (κ3) is 4.46. The van der Waals surface area contributed by atoms with Gasteiger partial charge in [-0.1, -0.05) is 23.3 Å². The normalized spacial score (nSPS) is 18.4. The van der Waals surface area contributed by atoms with E-state index in [1.165, 1.54) is 4.68 Å². The van der Waals surface area contributed by atoms with E-state index in [1.54, 1.807) is 25.1 Å². The molecule has 7 nitrogen and oxygen atoms in total. The van der Waals surface area contributed by atoms with Gasteiger partial charge in [-0.2, -0.15) is 45.5 Å². The zero-order chi connectivity index (χ0) is 24.8. The third-order valence-electron chi connectivity index (χ3n) is 5.74. The molecule has 1 aliphatic rings. The van der Waals surface area contributed by atoms with Crippen LogP contribution in [0, 0.1) is 0 Å².